The van der Waals surface area contributed by atoms with Crippen LogP contribution < -0.4 is 15.4 Å². The van der Waals surface area contributed by atoms with Gasteiger partial charge < -0.3 is 15.4 Å². The zero-order valence-corrected chi connectivity index (χ0v) is 14.2. The number of rotatable bonds is 7. The van der Waals surface area contributed by atoms with E-state index in [1.165, 1.54) is 18.2 Å². The van der Waals surface area contributed by atoms with Gasteiger partial charge in [0.1, 0.15) is 11.6 Å². The number of hydrogen-bond acceptors (Lipinski definition) is 4. The van der Waals surface area contributed by atoms with Gasteiger partial charge in [0.2, 0.25) is 0 Å². The quantitative estimate of drug-likeness (QED) is 0.533. The number of carbonyl (C=O) groups is 1. The van der Waals surface area contributed by atoms with Crippen molar-refractivity contribution in [2.75, 3.05) is 18.4 Å². The Morgan fingerprint density at radius 2 is 1.64 bits per heavy atom. The van der Waals surface area contributed by atoms with Gasteiger partial charge in [-0.15, -0.1) is 13.2 Å². The molecule has 1 aromatic carbocycles. The van der Waals surface area contributed by atoms with Crippen LogP contribution in [-0.2, 0) is 6.18 Å². The van der Waals surface area contributed by atoms with E-state index in [1.54, 1.807) is 0 Å². The summed E-state index contributed by atoms with van der Waals surface area (Å²) in [7, 11) is 0. The van der Waals surface area contributed by atoms with Crippen molar-refractivity contribution in [2.45, 2.75) is 19.0 Å². The van der Waals surface area contributed by atoms with Crippen molar-refractivity contribution >= 4 is 11.7 Å². The molecule has 1 aromatic heterocycles. The molecule has 0 aliphatic carbocycles. The maximum Gasteiger partial charge on any atom is 0.573 e. The number of hydrogen-bond donors (Lipinski definition) is 2. The second-order valence-corrected chi connectivity index (χ2v) is 5.54. The third-order valence-corrected chi connectivity index (χ3v) is 3.39. The van der Waals surface area contributed by atoms with Crippen molar-refractivity contribution in [3.8, 4) is 5.75 Å². The molecule has 0 saturated carbocycles. The molecule has 2 aromatic rings. The van der Waals surface area contributed by atoms with E-state index in [0.29, 0.717) is 13.0 Å². The minimum absolute atomic E-state index is 0.159. The zero-order chi connectivity index (χ0) is 20.8. The van der Waals surface area contributed by atoms with E-state index in [1.807, 2.05) is 0 Å². The first-order valence-corrected chi connectivity index (χ1v) is 7.96. The summed E-state index contributed by atoms with van der Waals surface area (Å²) in [5.74, 6) is -0.650. The van der Waals surface area contributed by atoms with E-state index < -0.39 is 29.8 Å². The highest BCUT2D eigenvalue weighted by Gasteiger charge is 2.31. The molecule has 5 nitrogen and oxygen atoms in total. The van der Waals surface area contributed by atoms with Gasteiger partial charge in [0, 0.05) is 24.8 Å². The van der Waals surface area contributed by atoms with E-state index >= 15 is 0 Å². The Balaban J connectivity index is 1.71. The second kappa shape index (κ2) is 8.81. The monoisotopic (exact) mass is 407 g/mol. The Labute approximate surface area is 155 Å². The fraction of sp³-hybridized carbons (Fsp3) is 0.294. The largest absolute Gasteiger partial charge is 0.573 e. The molecule has 1 heterocycles. The summed E-state index contributed by atoms with van der Waals surface area (Å²) in [4.78, 5) is 15.5. The molecule has 0 saturated heterocycles. The minimum Gasteiger partial charge on any atom is -0.406 e. The van der Waals surface area contributed by atoms with Crippen molar-refractivity contribution in [1.82, 2.24) is 10.3 Å². The predicted molar refractivity (Wildman–Crippen MR) is 87.8 cm³/mol. The number of nitrogens with zero attached hydrogens (tertiary/aromatic N) is 1. The lowest BCUT2D eigenvalue weighted by atomic mass is 10.2. The van der Waals surface area contributed by atoms with E-state index in [2.05, 4.69) is 20.4 Å². The molecule has 0 radical (unpaired) electrons. The number of pyridine rings is 1. The molecule has 0 fully saturated rings. The third-order valence-electron chi connectivity index (χ3n) is 3.39. The summed E-state index contributed by atoms with van der Waals surface area (Å²) < 4.78 is 77.2. The van der Waals surface area contributed by atoms with Crippen LogP contribution in [0, 0.1) is 0 Å². The number of carbonyl (C=O) groups excluding carboxylic acids is 1. The van der Waals surface area contributed by atoms with Crippen LogP contribution in [0.1, 0.15) is 22.3 Å². The van der Waals surface area contributed by atoms with Crippen molar-refractivity contribution in [1.29, 1.82) is 0 Å². The van der Waals surface area contributed by atoms with Crippen LogP contribution in [-0.4, -0.2) is 30.3 Å². The minimum atomic E-state index is -4.81. The van der Waals surface area contributed by atoms with Crippen LogP contribution in [0.25, 0.3) is 0 Å². The number of amides is 1. The molecular weight excluding hydrogens is 392 g/mol. The summed E-state index contributed by atoms with van der Waals surface area (Å²) in [6.07, 6.45) is -8.09. The molecule has 0 aliphatic rings. The number of alkyl halides is 6. The molecule has 2 rings (SSSR count). The fourth-order valence-corrected chi connectivity index (χ4v) is 2.08. The van der Waals surface area contributed by atoms with E-state index in [0.717, 1.165) is 24.4 Å². The van der Waals surface area contributed by atoms with Crippen molar-refractivity contribution in [2.24, 2.45) is 0 Å². The summed E-state index contributed by atoms with van der Waals surface area (Å²) in [6, 6.07) is 6.55. The molecule has 0 spiro atoms. The third kappa shape index (κ3) is 6.97. The van der Waals surface area contributed by atoms with Gasteiger partial charge in [0.15, 0.2) is 0 Å². The van der Waals surface area contributed by atoms with Gasteiger partial charge in [0.25, 0.3) is 5.91 Å². The first kappa shape index (κ1) is 21.3. The van der Waals surface area contributed by atoms with Gasteiger partial charge in [-0.3, -0.25) is 4.79 Å². The lowest BCUT2D eigenvalue weighted by Crippen LogP contribution is -2.26. The molecule has 0 bridgehead atoms. The van der Waals surface area contributed by atoms with Crippen LogP contribution in [0.15, 0.2) is 42.6 Å². The molecule has 0 aliphatic heterocycles. The maximum atomic E-state index is 12.4. The molecular formula is C17H15F6N3O2. The second-order valence-electron chi connectivity index (χ2n) is 5.54. The number of benzene rings is 1. The zero-order valence-electron chi connectivity index (χ0n) is 14.2. The van der Waals surface area contributed by atoms with Crippen LogP contribution in [0.5, 0.6) is 5.75 Å². The number of aromatic nitrogens is 1. The first-order chi connectivity index (χ1) is 13.0. The molecule has 11 heteroatoms. The highest BCUT2D eigenvalue weighted by Crippen LogP contribution is 2.28. The normalized spacial score (nSPS) is 11.8. The summed E-state index contributed by atoms with van der Waals surface area (Å²) in [6.45, 7) is 0.588. The topological polar surface area (TPSA) is 63.2 Å². The molecule has 28 heavy (non-hydrogen) atoms. The van der Waals surface area contributed by atoms with Crippen LogP contribution in [0.3, 0.4) is 0 Å². The van der Waals surface area contributed by atoms with E-state index in [-0.39, 0.29) is 17.9 Å². The van der Waals surface area contributed by atoms with Crippen molar-refractivity contribution in [3.05, 3.63) is 53.7 Å². The molecule has 2 N–H and O–H groups in total. The van der Waals surface area contributed by atoms with Gasteiger partial charge in [0.05, 0.1) is 5.56 Å². The van der Waals surface area contributed by atoms with Gasteiger partial charge >= 0.3 is 12.5 Å². The fourth-order valence-electron chi connectivity index (χ4n) is 2.08. The lowest BCUT2D eigenvalue weighted by molar-refractivity contribution is -0.274. The Kier molecular flexibility index (Phi) is 6.71. The van der Waals surface area contributed by atoms with Crippen LogP contribution >= 0.6 is 0 Å². The first-order valence-electron chi connectivity index (χ1n) is 7.96. The number of nitrogens with one attached hydrogen (secondary N) is 2. The lowest BCUT2D eigenvalue weighted by Gasteiger charge is -2.10. The van der Waals surface area contributed by atoms with Crippen molar-refractivity contribution < 1.29 is 35.9 Å². The van der Waals surface area contributed by atoms with Crippen molar-refractivity contribution in [3.63, 3.8) is 0 Å². The average molecular weight is 407 g/mol. The Bertz CT molecular complexity index is 773. The molecule has 0 atom stereocenters. The van der Waals surface area contributed by atoms with E-state index in [4.69, 9.17) is 0 Å². The summed E-state index contributed by atoms with van der Waals surface area (Å²) >= 11 is 0. The molecule has 0 unspecified atom stereocenters. The summed E-state index contributed by atoms with van der Waals surface area (Å²) in [5, 5.41) is 5.38. The smallest absolute Gasteiger partial charge is 0.406 e. The maximum absolute atomic E-state index is 12.4. The van der Waals surface area contributed by atoms with Gasteiger partial charge in [-0.2, -0.15) is 13.2 Å². The number of ether oxygens (including phenoxy) is 1. The number of halogens is 6. The van der Waals surface area contributed by atoms with Gasteiger partial charge in [-0.25, -0.2) is 4.98 Å². The summed E-state index contributed by atoms with van der Waals surface area (Å²) in [5.41, 5.74) is -0.691. The highest BCUT2D eigenvalue weighted by atomic mass is 19.4. The Morgan fingerprint density at radius 3 is 2.18 bits per heavy atom. The predicted octanol–water partition coefficient (Wildman–Crippen LogP) is 4.23. The number of anilines is 1. The standard InChI is InChI=1S/C17H15F6N3O2/c18-16(19,20)12-4-7-14(26-10-12)24-8-1-9-25-15(27)11-2-5-13(6-3-11)28-17(21,22)23/h2-7,10H,1,8-9H2,(H,24,26)(H,25,27). The van der Waals surface area contributed by atoms with Gasteiger partial charge in [-0.05, 0) is 42.8 Å². The van der Waals surface area contributed by atoms with Crippen LogP contribution in [0.2, 0.25) is 0 Å². The molecule has 152 valence electrons. The molecule has 1 amide bonds. The SMILES string of the molecule is O=C(NCCCNc1ccc(C(F)(F)F)cn1)c1ccc(OC(F)(F)F)cc1. The Hall–Kier alpha value is -2.98. The Morgan fingerprint density at radius 1 is 0.964 bits per heavy atom. The van der Waals surface area contributed by atoms with Crippen LogP contribution in [0.4, 0.5) is 32.2 Å². The van der Waals surface area contributed by atoms with E-state index in [9.17, 15) is 31.1 Å². The average Bonchev–Trinajstić information content (AvgIpc) is 2.60. The van der Waals surface area contributed by atoms with Gasteiger partial charge in [-0.1, -0.05) is 0 Å². The highest BCUT2D eigenvalue weighted by molar-refractivity contribution is 5.94.